The van der Waals surface area contributed by atoms with Crippen molar-refractivity contribution in [2.75, 3.05) is 18.5 Å². The van der Waals surface area contributed by atoms with Crippen molar-refractivity contribution in [3.8, 4) is 17.0 Å². The maximum Gasteiger partial charge on any atom is 0.262 e. The molecule has 1 N–H and O–H groups in total. The molecule has 0 radical (unpaired) electrons. The lowest BCUT2D eigenvalue weighted by molar-refractivity contribution is -0.118. The lowest BCUT2D eigenvalue weighted by atomic mass is 9.87. The number of thiazole rings is 1. The molecule has 0 atom stereocenters. The molecule has 33 heavy (non-hydrogen) atoms. The van der Waals surface area contributed by atoms with Crippen LogP contribution in [0.4, 0.5) is 5.69 Å². The Kier molecular flexibility index (Phi) is 6.33. The number of aromatic nitrogens is 1. The van der Waals surface area contributed by atoms with Gasteiger partial charge in [0.05, 0.1) is 24.1 Å². The molecule has 0 unspecified atom stereocenters. The number of rotatable bonds is 5. The van der Waals surface area contributed by atoms with Crippen LogP contribution < -0.4 is 14.9 Å². The van der Waals surface area contributed by atoms with Crippen LogP contribution in [0.25, 0.3) is 11.3 Å². The second kappa shape index (κ2) is 9.19. The Balaban J connectivity index is 1.73. The molecule has 1 aromatic heterocycles. The standard InChI is InChI=1S/C26H28N4O2S/c1-17(2)13-27-25-30(28-14-18-6-9-20(10-7-18)26(3,4)5)22(16-33-25)19-8-11-23-21(12-19)29-24(31)15-32-23/h6-12,14,16H,1,13,15H2,2-5H3,(H,29,31). The summed E-state index contributed by atoms with van der Waals surface area (Å²) in [6.07, 6.45) is 1.84. The Bertz CT molecular complexity index is 1290. The number of nitrogens with zero attached hydrogens (tertiary/aromatic N) is 3. The van der Waals surface area contributed by atoms with Gasteiger partial charge in [0.15, 0.2) is 6.61 Å². The van der Waals surface area contributed by atoms with Crippen LogP contribution >= 0.6 is 11.3 Å². The number of hydrogen-bond donors (Lipinski definition) is 1. The molecule has 0 fully saturated rings. The van der Waals surface area contributed by atoms with E-state index in [2.05, 4.69) is 61.9 Å². The first-order valence-electron chi connectivity index (χ1n) is 10.8. The van der Waals surface area contributed by atoms with E-state index in [1.807, 2.05) is 41.4 Å². The summed E-state index contributed by atoms with van der Waals surface area (Å²) in [6.45, 7) is 13.1. The second-order valence-electron chi connectivity index (χ2n) is 9.15. The summed E-state index contributed by atoms with van der Waals surface area (Å²) in [7, 11) is 0. The molecule has 2 aromatic carbocycles. The molecule has 1 aliphatic rings. The molecule has 0 aliphatic carbocycles. The maximum absolute atomic E-state index is 11.8. The second-order valence-corrected chi connectivity index (χ2v) is 9.99. The fraction of sp³-hybridized carbons (Fsp3) is 0.269. The average Bonchev–Trinajstić information content (AvgIpc) is 3.18. The largest absolute Gasteiger partial charge is 0.482 e. The normalized spacial score (nSPS) is 14.2. The predicted molar refractivity (Wildman–Crippen MR) is 135 cm³/mol. The van der Waals surface area contributed by atoms with E-state index in [1.54, 1.807) is 0 Å². The summed E-state index contributed by atoms with van der Waals surface area (Å²) in [6, 6.07) is 14.2. The Labute approximate surface area is 198 Å². The summed E-state index contributed by atoms with van der Waals surface area (Å²) in [5.41, 5.74) is 5.81. The van der Waals surface area contributed by atoms with E-state index in [0.717, 1.165) is 27.2 Å². The Morgan fingerprint density at radius 3 is 2.70 bits per heavy atom. The molecule has 170 valence electrons. The topological polar surface area (TPSA) is 68.0 Å². The molecule has 0 spiro atoms. The number of carbonyl (C=O) groups excluding carboxylic acids is 1. The molecule has 0 saturated carbocycles. The highest BCUT2D eigenvalue weighted by atomic mass is 32.1. The molecular weight excluding hydrogens is 432 g/mol. The average molecular weight is 461 g/mol. The number of carbonyl (C=O) groups is 1. The zero-order chi connectivity index (χ0) is 23.6. The number of nitrogens with one attached hydrogen (secondary N) is 1. The van der Waals surface area contributed by atoms with Crippen molar-refractivity contribution in [2.45, 2.75) is 33.1 Å². The zero-order valence-corrected chi connectivity index (χ0v) is 20.2. The molecule has 7 heteroatoms. The van der Waals surface area contributed by atoms with Crippen LogP contribution in [0.1, 0.15) is 38.8 Å². The van der Waals surface area contributed by atoms with Crippen LogP contribution in [0.2, 0.25) is 0 Å². The third-order valence-electron chi connectivity index (χ3n) is 5.18. The highest BCUT2D eigenvalue weighted by molar-refractivity contribution is 7.07. The van der Waals surface area contributed by atoms with Gasteiger partial charge in [-0.1, -0.05) is 57.2 Å². The van der Waals surface area contributed by atoms with Gasteiger partial charge in [0.1, 0.15) is 5.75 Å². The van der Waals surface area contributed by atoms with Crippen molar-refractivity contribution in [3.05, 3.63) is 75.9 Å². The minimum atomic E-state index is -0.160. The van der Waals surface area contributed by atoms with Gasteiger partial charge in [-0.3, -0.25) is 9.79 Å². The summed E-state index contributed by atoms with van der Waals surface area (Å²) in [4.78, 5) is 17.2. The number of fused-ring (bicyclic) bond motifs is 1. The van der Waals surface area contributed by atoms with Gasteiger partial charge in [0, 0.05) is 10.9 Å². The Morgan fingerprint density at radius 1 is 1.24 bits per heavy atom. The summed E-state index contributed by atoms with van der Waals surface area (Å²) in [5, 5.41) is 9.66. The van der Waals surface area contributed by atoms with Gasteiger partial charge in [-0.05, 0) is 41.7 Å². The molecule has 4 rings (SSSR count). The summed E-state index contributed by atoms with van der Waals surface area (Å²) in [5.74, 6) is 0.501. The molecule has 3 aromatic rings. The first-order valence-corrected chi connectivity index (χ1v) is 11.7. The van der Waals surface area contributed by atoms with E-state index >= 15 is 0 Å². The third-order valence-corrected chi connectivity index (χ3v) is 6.03. The molecule has 0 saturated heterocycles. The first-order chi connectivity index (χ1) is 15.7. The Morgan fingerprint density at radius 2 is 2.00 bits per heavy atom. The van der Waals surface area contributed by atoms with Crippen LogP contribution in [-0.2, 0) is 10.2 Å². The fourth-order valence-electron chi connectivity index (χ4n) is 3.36. The van der Waals surface area contributed by atoms with Crippen LogP contribution in [0.3, 0.4) is 0 Å². The lowest BCUT2D eigenvalue weighted by Crippen LogP contribution is -2.25. The SMILES string of the molecule is C=C(C)CN=c1scc(-c2ccc3c(c2)NC(=O)CO3)n1N=Cc1ccc(C(C)(C)C)cc1. The quantitative estimate of drug-likeness (QED) is 0.420. The van der Waals surface area contributed by atoms with Crippen LogP contribution in [0.15, 0.2) is 70.1 Å². The third kappa shape index (κ3) is 5.31. The van der Waals surface area contributed by atoms with Crippen molar-refractivity contribution in [1.29, 1.82) is 0 Å². The molecule has 1 aliphatic heterocycles. The van der Waals surface area contributed by atoms with Crippen LogP contribution in [-0.4, -0.2) is 29.9 Å². The minimum absolute atomic E-state index is 0.0347. The van der Waals surface area contributed by atoms with Crippen LogP contribution in [0.5, 0.6) is 5.75 Å². The number of benzene rings is 2. The van der Waals surface area contributed by atoms with E-state index in [4.69, 9.17) is 9.84 Å². The number of ether oxygens (including phenoxy) is 1. The summed E-state index contributed by atoms with van der Waals surface area (Å²) < 4.78 is 7.32. The van der Waals surface area contributed by atoms with Crippen molar-refractivity contribution < 1.29 is 9.53 Å². The van der Waals surface area contributed by atoms with Gasteiger partial charge >= 0.3 is 0 Å². The smallest absolute Gasteiger partial charge is 0.262 e. The van der Waals surface area contributed by atoms with Gasteiger partial charge in [0.2, 0.25) is 4.80 Å². The molecule has 2 heterocycles. The highest BCUT2D eigenvalue weighted by Gasteiger charge is 2.18. The zero-order valence-electron chi connectivity index (χ0n) is 19.4. The van der Waals surface area contributed by atoms with Crippen molar-refractivity contribution >= 4 is 29.1 Å². The van der Waals surface area contributed by atoms with Gasteiger partial charge in [-0.2, -0.15) is 5.10 Å². The van der Waals surface area contributed by atoms with E-state index in [0.29, 0.717) is 18.0 Å². The number of anilines is 1. The molecule has 6 nitrogen and oxygen atoms in total. The van der Waals surface area contributed by atoms with Crippen LogP contribution in [0, 0.1) is 0 Å². The molecule has 0 bridgehead atoms. The molecular formula is C26H28N4O2S. The van der Waals surface area contributed by atoms with Crippen molar-refractivity contribution in [2.24, 2.45) is 10.1 Å². The first kappa shape index (κ1) is 22.7. The maximum atomic E-state index is 11.8. The molecule has 1 amide bonds. The summed E-state index contributed by atoms with van der Waals surface area (Å²) >= 11 is 1.51. The monoisotopic (exact) mass is 460 g/mol. The number of hydrogen-bond acceptors (Lipinski definition) is 5. The van der Waals surface area contributed by atoms with Gasteiger partial charge in [0.25, 0.3) is 5.91 Å². The van der Waals surface area contributed by atoms with Crippen molar-refractivity contribution in [3.63, 3.8) is 0 Å². The lowest BCUT2D eigenvalue weighted by Gasteiger charge is -2.18. The van der Waals surface area contributed by atoms with Crippen molar-refractivity contribution in [1.82, 2.24) is 4.68 Å². The van der Waals surface area contributed by atoms with E-state index in [9.17, 15) is 4.79 Å². The Hall–Kier alpha value is -3.45. The predicted octanol–water partition coefficient (Wildman–Crippen LogP) is 5.20. The van der Waals surface area contributed by atoms with E-state index < -0.39 is 0 Å². The fourth-order valence-corrected chi connectivity index (χ4v) is 4.19. The number of amides is 1. The van der Waals surface area contributed by atoms with Gasteiger partial charge in [-0.15, -0.1) is 11.3 Å². The van der Waals surface area contributed by atoms with Gasteiger partial charge in [-0.25, -0.2) is 4.68 Å². The highest BCUT2D eigenvalue weighted by Crippen LogP contribution is 2.33. The minimum Gasteiger partial charge on any atom is -0.482 e. The van der Waals surface area contributed by atoms with E-state index in [-0.39, 0.29) is 17.9 Å². The van der Waals surface area contributed by atoms with E-state index in [1.165, 1.54) is 16.9 Å². The van der Waals surface area contributed by atoms with Gasteiger partial charge < -0.3 is 10.1 Å².